The van der Waals surface area contributed by atoms with Gasteiger partial charge in [0.15, 0.2) is 0 Å². The molecule has 26 heavy (non-hydrogen) atoms. The average molecular weight is 348 g/mol. The van der Waals surface area contributed by atoms with Gasteiger partial charge >= 0.3 is 0 Å². The molecular formula is C22H21FN2O. The molecule has 3 aromatic rings. The molecule has 132 valence electrons. The highest BCUT2D eigenvalue weighted by molar-refractivity contribution is 5.92. The van der Waals surface area contributed by atoms with Crippen molar-refractivity contribution in [2.75, 3.05) is 17.3 Å². The summed E-state index contributed by atoms with van der Waals surface area (Å²) in [6.45, 7) is 0.817. The summed E-state index contributed by atoms with van der Waals surface area (Å²) >= 11 is 0. The van der Waals surface area contributed by atoms with E-state index in [1.165, 1.54) is 17.7 Å². The van der Waals surface area contributed by atoms with Crippen molar-refractivity contribution in [2.45, 2.75) is 13.0 Å². The average Bonchev–Trinajstić information content (AvgIpc) is 2.65. The Labute approximate surface area is 153 Å². The van der Waals surface area contributed by atoms with Crippen LogP contribution in [0.1, 0.15) is 11.1 Å². The van der Waals surface area contributed by atoms with E-state index >= 15 is 0 Å². The van der Waals surface area contributed by atoms with Gasteiger partial charge in [0.2, 0.25) is 5.91 Å². The first-order valence-electron chi connectivity index (χ1n) is 8.49. The van der Waals surface area contributed by atoms with Crippen LogP contribution in [0.2, 0.25) is 0 Å². The summed E-state index contributed by atoms with van der Waals surface area (Å²) in [6.07, 6.45) is 0.218. The zero-order valence-electron chi connectivity index (χ0n) is 14.7. The van der Waals surface area contributed by atoms with Crippen molar-refractivity contribution in [3.05, 3.63) is 95.8 Å². The number of nitrogens with zero attached hydrogens (tertiary/aromatic N) is 1. The number of anilines is 2. The number of hydrogen-bond donors (Lipinski definition) is 1. The minimum Gasteiger partial charge on any atom is -0.370 e. The van der Waals surface area contributed by atoms with E-state index in [-0.39, 0.29) is 18.1 Å². The molecule has 0 fully saturated rings. The zero-order chi connectivity index (χ0) is 18.4. The van der Waals surface area contributed by atoms with Crippen LogP contribution < -0.4 is 10.2 Å². The first-order chi connectivity index (χ1) is 12.6. The summed E-state index contributed by atoms with van der Waals surface area (Å²) in [4.78, 5) is 14.3. The summed E-state index contributed by atoms with van der Waals surface area (Å²) in [5.74, 6) is -0.425. The standard InChI is InChI=1S/C22H21FN2O/c1-25(16-18-5-3-2-4-6-18)21-13-11-20(12-14-21)24-22(26)15-17-7-9-19(23)10-8-17/h2-14H,15-16H2,1H3,(H,24,26). The Balaban J connectivity index is 1.56. The molecule has 3 rings (SSSR count). The molecule has 0 heterocycles. The fourth-order valence-corrected chi connectivity index (χ4v) is 2.74. The lowest BCUT2D eigenvalue weighted by molar-refractivity contribution is -0.115. The summed E-state index contributed by atoms with van der Waals surface area (Å²) < 4.78 is 12.9. The molecule has 0 spiro atoms. The second kappa shape index (κ2) is 8.30. The maximum absolute atomic E-state index is 12.9. The van der Waals surface area contributed by atoms with E-state index in [1.54, 1.807) is 12.1 Å². The fourth-order valence-electron chi connectivity index (χ4n) is 2.74. The second-order valence-electron chi connectivity index (χ2n) is 6.24. The first-order valence-corrected chi connectivity index (χ1v) is 8.49. The Morgan fingerprint density at radius 2 is 1.54 bits per heavy atom. The maximum atomic E-state index is 12.9. The summed E-state index contributed by atoms with van der Waals surface area (Å²) in [5, 5.41) is 2.87. The van der Waals surface area contributed by atoms with Crippen LogP contribution in [0.5, 0.6) is 0 Å². The molecule has 4 heteroatoms. The molecule has 0 bridgehead atoms. The normalized spacial score (nSPS) is 10.4. The smallest absolute Gasteiger partial charge is 0.228 e. The van der Waals surface area contributed by atoms with Gasteiger partial charge in [-0.05, 0) is 47.5 Å². The number of rotatable bonds is 6. The quantitative estimate of drug-likeness (QED) is 0.704. The van der Waals surface area contributed by atoms with Crippen LogP contribution in [-0.2, 0) is 17.8 Å². The van der Waals surface area contributed by atoms with Gasteiger partial charge in [0, 0.05) is 25.0 Å². The number of nitrogens with one attached hydrogen (secondary N) is 1. The largest absolute Gasteiger partial charge is 0.370 e. The third kappa shape index (κ3) is 4.93. The van der Waals surface area contributed by atoms with Crippen molar-refractivity contribution >= 4 is 17.3 Å². The molecule has 1 amide bonds. The Kier molecular flexibility index (Phi) is 5.64. The van der Waals surface area contributed by atoms with E-state index in [9.17, 15) is 9.18 Å². The predicted octanol–water partition coefficient (Wildman–Crippen LogP) is 4.64. The number of amides is 1. The van der Waals surface area contributed by atoms with Crippen LogP contribution in [0.15, 0.2) is 78.9 Å². The lowest BCUT2D eigenvalue weighted by atomic mass is 10.1. The molecule has 0 aliphatic rings. The van der Waals surface area contributed by atoms with Crippen LogP contribution >= 0.6 is 0 Å². The molecule has 0 unspecified atom stereocenters. The Hall–Kier alpha value is -3.14. The van der Waals surface area contributed by atoms with Crippen LogP contribution in [0.25, 0.3) is 0 Å². The van der Waals surface area contributed by atoms with E-state index in [0.29, 0.717) is 0 Å². The van der Waals surface area contributed by atoms with Crippen molar-refractivity contribution in [1.29, 1.82) is 0 Å². The number of carbonyl (C=O) groups excluding carboxylic acids is 1. The maximum Gasteiger partial charge on any atom is 0.228 e. The minimum absolute atomic E-state index is 0.123. The van der Waals surface area contributed by atoms with Gasteiger partial charge in [0.1, 0.15) is 5.82 Å². The molecule has 0 aliphatic carbocycles. The molecule has 0 saturated heterocycles. The van der Waals surface area contributed by atoms with E-state index < -0.39 is 0 Å². The lowest BCUT2D eigenvalue weighted by Gasteiger charge is -2.19. The highest BCUT2D eigenvalue weighted by Gasteiger charge is 2.06. The van der Waals surface area contributed by atoms with Gasteiger partial charge in [-0.15, -0.1) is 0 Å². The highest BCUT2D eigenvalue weighted by atomic mass is 19.1. The van der Waals surface area contributed by atoms with Crippen molar-refractivity contribution in [2.24, 2.45) is 0 Å². The Morgan fingerprint density at radius 1 is 0.885 bits per heavy atom. The summed E-state index contributed by atoms with van der Waals surface area (Å²) in [6, 6.07) is 24.0. The SMILES string of the molecule is CN(Cc1ccccc1)c1ccc(NC(=O)Cc2ccc(F)cc2)cc1. The van der Waals surface area contributed by atoms with Gasteiger partial charge in [-0.1, -0.05) is 42.5 Å². The molecule has 0 atom stereocenters. The van der Waals surface area contributed by atoms with Crippen LogP contribution in [0.4, 0.5) is 15.8 Å². The molecule has 0 saturated carbocycles. The van der Waals surface area contributed by atoms with Crippen LogP contribution in [0.3, 0.4) is 0 Å². The van der Waals surface area contributed by atoms with Crippen molar-refractivity contribution in [3.63, 3.8) is 0 Å². The van der Waals surface area contributed by atoms with E-state index in [1.807, 2.05) is 49.5 Å². The summed E-state index contributed by atoms with van der Waals surface area (Å²) in [7, 11) is 2.04. The van der Waals surface area contributed by atoms with Crippen molar-refractivity contribution in [1.82, 2.24) is 0 Å². The monoisotopic (exact) mass is 348 g/mol. The van der Waals surface area contributed by atoms with E-state index in [2.05, 4.69) is 22.3 Å². The summed E-state index contributed by atoms with van der Waals surface area (Å²) in [5.41, 5.74) is 3.84. The molecule has 0 aromatic heterocycles. The van der Waals surface area contributed by atoms with Crippen molar-refractivity contribution < 1.29 is 9.18 Å². The first kappa shape index (κ1) is 17.7. The number of hydrogen-bond acceptors (Lipinski definition) is 2. The molecule has 0 radical (unpaired) electrons. The van der Waals surface area contributed by atoms with Gasteiger partial charge in [-0.25, -0.2) is 4.39 Å². The van der Waals surface area contributed by atoms with E-state index in [4.69, 9.17) is 0 Å². The van der Waals surface area contributed by atoms with Crippen molar-refractivity contribution in [3.8, 4) is 0 Å². The Morgan fingerprint density at radius 3 is 2.19 bits per heavy atom. The molecule has 1 N–H and O–H groups in total. The van der Waals surface area contributed by atoms with E-state index in [0.717, 1.165) is 23.5 Å². The predicted molar refractivity (Wildman–Crippen MR) is 104 cm³/mol. The Bertz CT molecular complexity index is 846. The van der Waals surface area contributed by atoms with Gasteiger partial charge < -0.3 is 10.2 Å². The van der Waals surface area contributed by atoms with Gasteiger partial charge in [0.05, 0.1) is 6.42 Å². The molecule has 3 nitrogen and oxygen atoms in total. The molecule has 0 aliphatic heterocycles. The highest BCUT2D eigenvalue weighted by Crippen LogP contribution is 2.19. The molecular weight excluding hydrogens is 327 g/mol. The number of halogens is 1. The third-order valence-corrected chi connectivity index (χ3v) is 4.13. The zero-order valence-corrected chi connectivity index (χ0v) is 14.7. The van der Waals surface area contributed by atoms with Gasteiger partial charge in [-0.2, -0.15) is 0 Å². The molecule has 3 aromatic carbocycles. The second-order valence-corrected chi connectivity index (χ2v) is 6.24. The third-order valence-electron chi connectivity index (χ3n) is 4.13. The van der Waals surface area contributed by atoms with Crippen LogP contribution in [-0.4, -0.2) is 13.0 Å². The fraction of sp³-hybridized carbons (Fsp3) is 0.136. The van der Waals surface area contributed by atoms with Gasteiger partial charge in [0.25, 0.3) is 0 Å². The lowest BCUT2D eigenvalue weighted by Crippen LogP contribution is -2.17. The van der Waals surface area contributed by atoms with Crippen LogP contribution in [0, 0.1) is 5.82 Å². The van der Waals surface area contributed by atoms with Gasteiger partial charge in [-0.3, -0.25) is 4.79 Å². The number of benzene rings is 3. The minimum atomic E-state index is -0.302. The topological polar surface area (TPSA) is 32.3 Å². The number of carbonyl (C=O) groups is 1.